The molecule has 0 saturated carbocycles. The van der Waals surface area contributed by atoms with E-state index in [1.54, 1.807) is 0 Å². The van der Waals surface area contributed by atoms with Crippen molar-refractivity contribution in [2.45, 2.75) is 13.8 Å². The number of hydrogen-bond donors (Lipinski definition) is 2. The van der Waals surface area contributed by atoms with E-state index < -0.39 is 5.24 Å². The maximum atomic E-state index is 11.5. The lowest BCUT2D eigenvalue weighted by atomic mass is 10.1. The van der Waals surface area contributed by atoms with Crippen LogP contribution in [-0.2, 0) is 4.79 Å². The SMILES string of the molecule is Cc1cccc(C)c1NC(=O)CSC(N)=O. The molecule has 0 aliphatic rings. The summed E-state index contributed by atoms with van der Waals surface area (Å²) in [5, 5.41) is 2.22. The maximum Gasteiger partial charge on any atom is 0.276 e. The van der Waals surface area contributed by atoms with Crippen molar-refractivity contribution in [3.05, 3.63) is 29.3 Å². The normalized spacial score (nSPS) is 9.88. The average molecular weight is 238 g/mol. The molecule has 0 atom stereocenters. The second kappa shape index (κ2) is 5.55. The van der Waals surface area contributed by atoms with Crippen molar-refractivity contribution in [2.24, 2.45) is 5.73 Å². The van der Waals surface area contributed by atoms with Crippen LogP contribution in [-0.4, -0.2) is 16.9 Å². The van der Waals surface area contributed by atoms with Crippen molar-refractivity contribution in [1.82, 2.24) is 0 Å². The van der Waals surface area contributed by atoms with Crippen LogP contribution in [0.4, 0.5) is 10.5 Å². The summed E-state index contributed by atoms with van der Waals surface area (Å²) in [7, 11) is 0. The minimum Gasteiger partial charge on any atom is -0.361 e. The van der Waals surface area contributed by atoms with Gasteiger partial charge in [-0.1, -0.05) is 30.0 Å². The molecule has 0 aliphatic carbocycles. The van der Waals surface area contributed by atoms with Crippen LogP contribution in [0, 0.1) is 13.8 Å². The van der Waals surface area contributed by atoms with Gasteiger partial charge in [-0.2, -0.15) is 0 Å². The average Bonchev–Trinajstić information content (AvgIpc) is 2.21. The highest BCUT2D eigenvalue weighted by Gasteiger charge is 2.08. The first-order valence-corrected chi connectivity index (χ1v) is 5.77. The van der Waals surface area contributed by atoms with Gasteiger partial charge >= 0.3 is 0 Å². The number of rotatable bonds is 3. The number of aryl methyl sites for hydroxylation is 2. The van der Waals surface area contributed by atoms with Crippen LogP contribution < -0.4 is 11.1 Å². The van der Waals surface area contributed by atoms with E-state index in [2.05, 4.69) is 5.32 Å². The van der Waals surface area contributed by atoms with Gasteiger partial charge in [0.25, 0.3) is 5.24 Å². The topological polar surface area (TPSA) is 72.2 Å². The van der Waals surface area contributed by atoms with Gasteiger partial charge in [0.1, 0.15) is 0 Å². The standard InChI is InChI=1S/C11H14N2O2S/c1-7-4-3-5-8(2)10(7)13-9(14)6-16-11(12)15/h3-5H,6H2,1-2H3,(H2,12,15)(H,13,14). The second-order valence-electron chi connectivity index (χ2n) is 3.42. The molecule has 0 saturated heterocycles. The molecule has 1 aromatic rings. The van der Waals surface area contributed by atoms with Gasteiger partial charge in [-0.15, -0.1) is 0 Å². The highest BCUT2D eigenvalue weighted by atomic mass is 32.2. The molecule has 0 bridgehead atoms. The van der Waals surface area contributed by atoms with Gasteiger partial charge in [-0.25, -0.2) is 0 Å². The summed E-state index contributed by atoms with van der Waals surface area (Å²) in [4.78, 5) is 22.0. The summed E-state index contributed by atoms with van der Waals surface area (Å²) in [6, 6.07) is 5.77. The first-order chi connectivity index (χ1) is 7.50. The van der Waals surface area contributed by atoms with Gasteiger partial charge in [0.05, 0.1) is 5.75 Å². The number of para-hydroxylation sites is 1. The maximum absolute atomic E-state index is 11.5. The van der Waals surface area contributed by atoms with Crippen LogP contribution in [0.3, 0.4) is 0 Å². The van der Waals surface area contributed by atoms with Gasteiger partial charge in [0, 0.05) is 5.69 Å². The fraction of sp³-hybridized carbons (Fsp3) is 0.273. The number of amides is 2. The van der Waals surface area contributed by atoms with Crippen LogP contribution >= 0.6 is 11.8 Å². The van der Waals surface area contributed by atoms with E-state index in [4.69, 9.17) is 5.73 Å². The summed E-state index contributed by atoms with van der Waals surface area (Å²) in [6.07, 6.45) is 0. The smallest absolute Gasteiger partial charge is 0.276 e. The van der Waals surface area contributed by atoms with Gasteiger partial charge in [-0.3, -0.25) is 9.59 Å². The van der Waals surface area contributed by atoms with E-state index >= 15 is 0 Å². The number of anilines is 1. The Hall–Kier alpha value is -1.49. The van der Waals surface area contributed by atoms with Crippen LogP contribution in [0.15, 0.2) is 18.2 Å². The lowest BCUT2D eigenvalue weighted by Crippen LogP contribution is -2.18. The molecule has 0 radical (unpaired) electrons. The Bertz CT molecular complexity index is 398. The van der Waals surface area contributed by atoms with Crippen LogP contribution in [0.25, 0.3) is 0 Å². The number of nitrogens with one attached hydrogen (secondary N) is 1. The largest absolute Gasteiger partial charge is 0.361 e. The zero-order chi connectivity index (χ0) is 12.1. The van der Waals surface area contributed by atoms with Crippen LogP contribution in [0.2, 0.25) is 0 Å². The lowest BCUT2D eigenvalue weighted by molar-refractivity contribution is -0.113. The third-order valence-electron chi connectivity index (χ3n) is 2.09. The molecule has 0 spiro atoms. The van der Waals surface area contributed by atoms with Crippen molar-refractivity contribution in [2.75, 3.05) is 11.1 Å². The molecule has 2 amide bonds. The monoisotopic (exact) mass is 238 g/mol. The summed E-state index contributed by atoms with van der Waals surface area (Å²) in [5.41, 5.74) is 7.74. The Morgan fingerprint density at radius 3 is 2.38 bits per heavy atom. The van der Waals surface area contributed by atoms with Gasteiger partial charge in [-0.05, 0) is 25.0 Å². The Balaban J connectivity index is 2.66. The highest BCUT2D eigenvalue weighted by molar-refractivity contribution is 8.14. The van der Waals surface area contributed by atoms with E-state index in [-0.39, 0.29) is 11.7 Å². The third-order valence-corrected chi connectivity index (χ3v) is 2.78. The molecule has 5 heteroatoms. The molecular formula is C11H14N2O2S. The Morgan fingerprint density at radius 1 is 1.31 bits per heavy atom. The van der Waals surface area contributed by atoms with Crippen molar-refractivity contribution in [3.63, 3.8) is 0 Å². The summed E-state index contributed by atoms with van der Waals surface area (Å²) >= 11 is 0.797. The summed E-state index contributed by atoms with van der Waals surface area (Å²) in [6.45, 7) is 3.84. The molecule has 0 fully saturated rings. The van der Waals surface area contributed by atoms with Crippen molar-refractivity contribution < 1.29 is 9.59 Å². The molecule has 4 nitrogen and oxygen atoms in total. The molecule has 3 N–H and O–H groups in total. The molecule has 0 heterocycles. The number of thioether (sulfide) groups is 1. The van der Waals surface area contributed by atoms with Gasteiger partial charge < -0.3 is 11.1 Å². The number of benzene rings is 1. The van der Waals surface area contributed by atoms with Crippen LogP contribution in [0.1, 0.15) is 11.1 Å². The molecule has 0 unspecified atom stereocenters. The molecule has 86 valence electrons. The molecule has 1 aromatic carbocycles. The fourth-order valence-corrected chi connectivity index (χ4v) is 1.67. The minimum absolute atomic E-state index is 0.0447. The Morgan fingerprint density at radius 2 is 1.88 bits per heavy atom. The predicted octanol–water partition coefficient (Wildman–Crippen LogP) is 2.05. The first-order valence-electron chi connectivity index (χ1n) is 4.79. The number of primary amides is 1. The molecule has 0 aliphatic heterocycles. The van der Waals surface area contributed by atoms with Crippen molar-refractivity contribution in [1.29, 1.82) is 0 Å². The molecule has 16 heavy (non-hydrogen) atoms. The quantitative estimate of drug-likeness (QED) is 0.846. The van der Waals surface area contributed by atoms with E-state index in [0.717, 1.165) is 28.6 Å². The van der Waals surface area contributed by atoms with E-state index in [1.165, 1.54) is 0 Å². The summed E-state index contributed by atoms with van der Waals surface area (Å²) in [5.74, 6) is -0.176. The van der Waals surface area contributed by atoms with Crippen molar-refractivity contribution in [3.8, 4) is 0 Å². The number of nitrogens with two attached hydrogens (primary N) is 1. The molecule has 0 aromatic heterocycles. The lowest BCUT2D eigenvalue weighted by Gasteiger charge is -2.10. The zero-order valence-electron chi connectivity index (χ0n) is 9.24. The minimum atomic E-state index is -0.545. The highest BCUT2D eigenvalue weighted by Crippen LogP contribution is 2.19. The Labute approximate surface area is 98.6 Å². The van der Waals surface area contributed by atoms with Crippen molar-refractivity contribution >= 4 is 28.6 Å². The number of carbonyl (C=O) groups excluding carboxylic acids is 2. The number of carbonyl (C=O) groups is 2. The van der Waals surface area contributed by atoms with E-state index in [0.29, 0.717) is 0 Å². The predicted molar refractivity (Wildman–Crippen MR) is 66.6 cm³/mol. The van der Waals surface area contributed by atoms with E-state index in [9.17, 15) is 9.59 Å². The van der Waals surface area contributed by atoms with Gasteiger partial charge in [0.15, 0.2) is 0 Å². The number of hydrogen-bond acceptors (Lipinski definition) is 3. The fourth-order valence-electron chi connectivity index (χ4n) is 1.32. The Kier molecular flexibility index (Phi) is 4.37. The first kappa shape index (κ1) is 12.6. The zero-order valence-corrected chi connectivity index (χ0v) is 10.1. The van der Waals surface area contributed by atoms with Crippen LogP contribution in [0.5, 0.6) is 0 Å². The second-order valence-corrected chi connectivity index (χ2v) is 4.40. The molecule has 1 rings (SSSR count). The van der Waals surface area contributed by atoms with Gasteiger partial charge in [0.2, 0.25) is 5.91 Å². The third kappa shape index (κ3) is 3.58. The molecular weight excluding hydrogens is 224 g/mol. The summed E-state index contributed by atoms with van der Waals surface area (Å²) < 4.78 is 0. The van der Waals surface area contributed by atoms with E-state index in [1.807, 2.05) is 32.0 Å².